The van der Waals surface area contributed by atoms with E-state index in [0.29, 0.717) is 16.4 Å². The standard InChI is InChI=1S/C20H22N4O3S2/c1-20(2,3)27-19(26)24(4)16-11-10-14(28-16)17(25)21-12-15-22-23-18(29-15)13-8-6-5-7-9-13/h5-11H,12H2,1-4H3,(H,21,25). The maximum Gasteiger partial charge on any atom is 0.415 e. The summed E-state index contributed by atoms with van der Waals surface area (Å²) < 4.78 is 5.35. The predicted molar refractivity (Wildman–Crippen MR) is 115 cm³/mol. The molecule has 152 valence electrons. The number of anilines is 1. The van der Waals surface area contributed by atoms with E-state index in [0.717, 1.165) is 15.6 Å². The number of ether oxygens (including phenoxy) is 1. The van der Waals surface area contributed by atoms with Gasteiger partial charge >= 0.3 is 6.09 Å². The monoisotopic (exact) mass is 430 g/mol. The lowest BCUT2D eigenvalue weighted by molar-refractivity contribution is 0.0590. The van der Waals surface area contributed by atoms with Gasteiger partial charge in [0, 0.05) is 12.6 Å². The van der Waals surface area contributed by atoms with Gasteiger partial charge in [0.1, 0.15) is 20.6 Å². The van der Waals surface area contributed by atoms with E-state index >= 15 is 0 Å². The summed E-state index contributed by atoms with van der Waals surface area (Å²) in [6.07, 6.45) is -0.464. The minimum atomic E-state index is -0.580. The van der Waals surface area contributed by atoms with Crippen molar-refractivity contribution in [1.29, 1.82) is 0 Å². The van der Waals surface area contributed by atoms with Gasteiger partial charge in [0.2, 0.25) is 0 Å². The molecule has 2 aromatic heterocycles. The van der Waals surface area contributed by atoms with Crippen molar-refractivity contribution in [2.75, 3.05) is 11.9 Å². The summed E-state index contributed by atoms with van der Waals surface area (Å²) >= 11 is 2.66. The smallest absolute Gasteiger partial charge is 0.415 e. The summed E-state index contributed by atoms with van der Waals surface area (Å²) in [5, 5.41) is 13.3. The molecule has 2 amide bonds. The van der Waals surface area contributed by atoms with Crippen molar-refractivity contribution < 1.29 is 14.3 Å². The van der Waals surface area contributed by atoms with Crippen LogP contribution in [0.5, 0.6) is 0 Å². The van der Waals surface area contributed by atoms with E-state index in [1.165, 1.54) is 27.6 Å². The van der Waals surface area contributed by atoms with Gasteiger partial charge in [0.05, 0.1) is 11.4 Å². The van der Waals surface area contributed by atoms with Gasteiger partial charge in [-0.3, -0.25) is 9.69 Å². The van der Waals surface area contributed by atoms with Crippen LogP contribution in [0.15, 0.2) is 42.5 Å². The molecule has 3 rings (SSSR count). The number of rotatable bonds is 5. The average molecular weight is 431 g/mol. The van der Waals surface area contributed by atoms with Gasteiger partial charge in [-0.15, -0.1) is 21.5 Å². The van der Waals surface area contributed by atoms with Crippen LogP contribution in [0.2, 0.25) is 0 Å². The second-order valence-corrected chi connectivity index (χ2v) is 9.35. The van der Waals surface area contributed by atoms with E-state index in [-0.39, 0.29) is 5.91 Å². The van der Waals surface area contributed by atoms with Crippen molar-refractivity contribution in [2.45, 2.75) is 32.9 Å². The van der Waals surface area contributed by atoms with Crippen LogP contribution in [-0.4, -0.2) is 34.8 Å². The van der Waals surface area contributed by atoms with Crippen LogP contribution in [0.1, 0.15) is 35.5 Å². The summed E-state index contributed by atoms with van der Waals surface area (Å²) in [6, 6.07) is 13.2. The van der Waals surface area contributed by atoms with E-state index in [1.54, 1.807) is 19.2 Å². The molecule has 0 radical (unpaired) electrons. The molecule has 0 aliphatic carbocycles. The van der Waals surface area contributed by atoms with E-state index in [1.807, 2.05) is 51.1 Å². The Hall–Kier alpha value is -2.78. The molecule has 29 heavy (non-hydrogen) atoms. The number of benzene rings is 1. The fourth-order valence-corrected chi connectivity index (χ4v) is 3.97. The molecule has 0 unspecified atom stereocenters. The minimum absolute atomic E-state index is 0.227. The zero-order chi connectivity index (χ0) is 21.0. The molecule has 2 heterocycles. The number of hydrogen-bond acceptors (Lipinski definition) is 7. The zero-order valence-electron chi connectivity index (χ0n) is 16.6. The van der Waals surface area contributed by atoms with Crippen molar-refractivity contribution in [3.05, 3.63) is 52.3 Å². The molecule has 7 nitrogen and oxygen atoms in total. The first-order valence-electron chi connectivity index (χ1n) is 8.95. The first-order chi connectivity index (χ1) is 13.7. The molecule has 0 bridgehead atoms. The highest BCUT2D eigenvalue weighted by Crippen LogP contribution is 2.27. The van der Waals surface area contributed by atoms with Crippen molar-refractivity contribution in [3.8, 4) is 10.6 Å². The van der Waals surface area contributed by atoms with Gasteiger partial charge in [-0.05, 0) is 32.9 Å². The molecular weight excluding hydrogens is 408 g/mol. The number of thiophene rings is 1. The fourth-order valence-electron chi connectivity index (χ4n) is 2.32. The Kier molecular flexibility index (Phi) is 6.29. The molecule has 1 aromatic carbocycles. The SMILES string of the molecule is CN(C(=O)OC(C)(C)C)c1ccc(C(=O)NCc2nnc(-c3ccccc3)s2)s1. The Morgan fingerprint density at radius 2 is 1.79 bits per heavy atom. The van der Waals surface area contributed by atoms with Crippen molar-refractivity contribution >= 4 is 39.7 Å². The fraction of sp³-hybridized carbons (Fsp3) is 0.300. The van der Waals surface area contributed by atoms with Crippen LogP contribution in [-0.2, 0) is 11.3 Å². The van der Waals surface area contributed by atoms with E-state index in [9.17, 15) is 9.59 Å². The van der Waals surface area contributed by atoms with Crippen LogP contribution >= 0.6 is 22.7 Å². The predicted octanol–water partition coefficient (Wildman–Crippen LogP) is 4.57. The largest absolute Gasteiger partial charge is 0.443 e. The van der Waals surface area contributed by atoms with Crippen LogP contribution in [0, 0.1) is 0 Å². The number of carbonyl (C=O) groups excluding carboxylic acids is 2. The Labute approximate surface area is 177 Å². The lowest BCUT2D eigenvalue weighted by Crippen LogP contribution is -2.33. The highest BCUT2D eigenvalue weighted by molar-refractivity contribution is 7.18. The molecule has 0 spiro atoms. The maximum absolute atomic E-state index is 12.5. The van der Waals surface area contributed by atoms with Crippen LogP contribution < -0.4 is 10.2 Å². The van der Waals surface area contributed by atoms with Gasteiger partial charge in [-0.2, -0.15) is 0 Å². The van der Waals surface area contributed by atoms with Gasteiger partial charge in [0.15, 0.2) is 0 Å². The van der Waals surface area contributed by atoms with Crippen LogP contribution in [0.3, 0.4) is 0 Å². The molecule has 0 atom stereocenters. The maximum atomic E-state index is 12.5. The molecule has 0 saturated heterocycles. The molecular formula is C20H22N4O3S2. The number of amides is 2. The van der Waals surface area contributed by atoms with Crippen molar-refractivity contribution in [3.63, 3.8) is 0 Å². The van der Waals surface area contributed by atoms with Gasteiger partial charge in [-0.25, -0.2) is 4.79 Å². The average Bonchev–Trinajstić information content (AvgIpc) is 3.35. The molecule has 0 saturated carbocycles. The third kappa shape index (κ3) is 5.61. The molecule has 3 aromatic rings. The molecule has 9 heteroatoms. The lowest BCUT2D eigenvalue weighted by atomic mass is 10.2. The summed E-state index contributed by atoms with van der Waals surface area (Å²) in [5.74, 6) is -0.227. The second-order valence-electron chi connectivity index (χ2n) is 7.23. The van der Waals surface area contributed by atoms with Gasteiger partial charge < -0.3 is 10.1 Å². The quantitative estimate of drug-likeness (QED) is 0.641. The lowest BCUT2D eigenvalue weighted by Gasteiger charge is -2.23. The van der Waals surface area contributed by atoms with Crippen LogP contribution in [0.25, 0.3) is 10.6 Å². The number of nitrogens with zero attached hydrogens (tertiary/aromatic N) is 3. The summed E-state index contributed by atoms with van der Waals surface area (Å²) in [5.41, 5.74) is 0.416. The van der Waals surface area contributed by atoms with Gasteiger partial charge in [0.25, 0.3) is 5.91 Å². The number of aromatic nitrogens is 2. The zero-order valence-corrected chi connectivity index (χ0v) is 18.3. The first-order valence-corrected chi connectivity index (χ1v) is 10.6. The second kappa shape index (κ2) is 8.71. The highest BCUT2D eigenvalue weighted by atomic mass is 32.1. The third-order valence-electron chi connectivity index (χ3n) is 3.70. The normalized spacial score (nSPS) is 11.2. The Morgan fingerprint density at radius 3 is 2.48 bits per heavy atom. The third-order valence-corrected chi connectivity index (χ3v) is 5.83. The molecule has 0 aliphatic heterocycles. The van der Waals surface area contributed by atoms with Crippen molar-refractivity contribution in [2.24, 2.45) is 0 Å². The van der Waals surface area contributed by atoms with Gasteiger partial charge in [-0.1, -0.05) is 41.7 Å². The first kappa shape index (κ1) is 20.9. The Balaban J connectivity index is 1.58. The molecule has 1 N–H and O–H groups in total. The highest BCUT2D eigenvalue weighted by Gasteiger charge is 2.22. The summed E-state index contributed by atoms with van der Waals surface area (Å²) in [7, 11) is 1.62. The molecule has 0 aliphatic rings. The number of nitrogens with one attached hydrogen (secondary N) is 1. The summed E-state index contributed by atoms with van der Waals surface area (Å²) in [4.78, 5) is 26.5. The Bertz CT molecular complexity index is 993. The summed E-state index contributed by atoms with van der Waals surface area (Å²) in [6.45, 7) is 5.71. The van der Waals surface area contributed by atoms with E-state index in [2.05, 4.69) is 15.5 Å². The Morgan fingerprint density at radius 1 is 1.07 bits per heavy atom. The minimum Gasteiger partial charge on any atom is -0.443 e. The number of hydrogen-bond donors (Lipinski definition) is 1. The van der Waals surface area contributed by atoms with E-state index in [4.69, 9.17) is 4.74 Å². The van der Waals surface area contributed by atoms with Crippen LogP contribution in [0.4, 0.5) is 9.80 Å². The topological polar surface area (TPSA) is 84.4 Å². The number of carbonyl (C=O) groups is 2. The van der Waals surface area contributed by atoms with Crippen molar-refractivity contribution in [1.82, 2.24) is 15.5 Å². The van der Waals surface area contributed by atoms with E-state index < -0.39 is 11.7 Å². The molecule has 0 fully saturated rings.